The van der Waals surface area contributed by atoms with Gasteiger partial charge in [-0.05, 0) is 144 Å². The van der Waals surface area contributed by atoms with E-state index in [1.165, 1.54) is 101 Å². The van der Waals surface area contributed by atoms with Gasteiger partial charge in [-0.1, -0.05) is 182 Å². The summed E-state index contributed by atoms with van der Waals surface area (Å²) in [6, 6.07) is 121. The number of benzene rings is 10. The summed E-state index contributed by atoms with van der Waals surface area (Å²) in [7, 11) is 0. The van der Waals surface area contributed by atoms with Gasteiger partial charge in [-0.3, -0.25) is 26.3 Å². The third kappa shape index (κ3) is 37.8. The Kier molecular flexibility index (Phi) is 55.0. The SMILES string of the molecule is CCCCc1cccc(-c2cc[c-]c(-c3ccccn3)c2)c1.Cc1cc(F)c[c-]c1-c1ccccn1.Cc1ccc(-c2[c-]cc(F)cc2)nc1.Cc1ccnc(-c2[c-]cc(F)cc2)c1.Cc1ccnc(-c2[c-]cccc2F)c1.Fc1c[c-]c(-c2ccccn2)cc1.Fc1ccc[c-]c1-c1ccccn1.[Ir].[Ir].[Ir].[Ir].[Ir].[Ir].[Ir].[Ir].[c-]1ccc(-c2ccccc2)cc1-c1ccccn1. The quantitative estimate of drug-likeness (QED) is 0.0831. The number of nitrogens with zero attached hydrogens (tertiary/aromatic N) is 8. The van der Waals surface area contributed by atoms with Crippen molar-refractivity contribution in [3.8, 4) is 112 Å². The van der Waals surface area contributed by atoms with Crippen molar-refractivity contribution in [2.45, 2.75) is 53.9 Å². The van der Waals surface area contributed by atoms with E-state index in [1.54, 1.807) is 98.0 Å². The Morgan fingerprint density at radius 3 is 1.06 bits per heavy atom. The van der Waals surface area contributed by atoms with E-state index < -0.39 is 0 Å². The van der Waals surface area contributed by atoms with Gasteiger partial charge in [-0.15, -0.1) is 238 Å². The third-order valence-corrected chi connectivity index (χ3v) is 18.0. The summed E-state index contributed by atoms with van der Waals surface area (Å²) in [5.41, 5.74) is 23.1. The molecule has 18 rings (SSSR count). The Morgan fingerprint density at radius 1 is 0.246 bits per heavy atom. The van der Waals surface area contributed by atoms with Gasteiger partial charge in [0.1, 0.15) is 0 Å². The average Bonchev–Trinajstić information content (AvgIpc) is 0.834. The van der Waals surface area contributed by atoms with Crippen LogP contribution in [0.15, 0.2) is 371 Å². The molecule has 676 valence electrons. The Morgan fingerprint density at radius 2 is 0.638 bits per heavy atom. The van der Waals surface area contributed by atoms with Crippen LogP contribution in [-0.2, 0) is 167 Å². The van der Waals surface area contributed by atoms with E-state index >= 15 is 0 Å². The minimum absolute atomic E-state index is 0. The smallest absolute Gasteiger partial charge is 0.0382 e. The maximum Gasteiger partial charge on any atom is 0.0382 e. The minimum atomic E-state index is -0.291. The van der Waals surface area contributed by atoms with Gasteiger partial charge in [0, 0.05) is 245 Å². The van der Waals surface area contributed by atoms with Gasteiger partial charge in [0.25, 0.3) is 0 Å². The second-order valence-electron chi connectivity index (χ2n) is 27.3. The van der Waals surface area contributed by atoms with E-state index in [0.29, 0.717) is 22.5 Å². The Bertz CT molecular complexity index is 6090. The number of rotatable bonds is 13. The number of hydrogen-bond donors (Lipinski definition) is 0. The number of hydrogen-bond acceptors (Lipinski definition) is 8. The second-order valence-corrected chi connectivity index (χ2v) is 27.3. The van der Waals surface area contributed by atoms with E-state index in [1.807, 2.05) is 179 Å². The van der Waals surface area contributed by atoms with Gasteiger partial charge in [0.15, 0.2) is 0 Å². The van der Waals surface area contributed by atoms with Crippen molar-refractivity contribution in [3.63, 3.8) is 0 Å². The minimum Gasteiger partial charge on any atom is -0.305 e. The average molecular weight is 3140 g/mol. The zero-order valence-corrected chi connectivity index (χ0v) is 89.5. The summed E-state index contributed by atoms with van der Waals surface area (Å²) in [4.78, 5) is 33.6. The molecule has 130 heavy (non-hydrogen) atoms. The fourth-order valence-corrected chi connectivity index (χ4v) is 11.8. The molecule has 0 N–H and O–H groups in total. The summed E-state index contributed by atoms with van der Waals surface area (Å²) in [6.07, 6.45) is 17.5. The second kappa shape index (κ2) is 62.5. The molecule has 8 radical (unpaired) electrons. The largest absolute Gasteiger partial charge is 0.305 e. The van der Waals surface area contributed by atoms with Crippen molar-refractivity contribution < 1.29 is 187 Å². The standard InChI is InChI=1S/C21H20N.C17H12N.4C12H9FN.2C11H7FN.8Ir/c1-2-3-8-17-9-6-10-18(15-17)19-11-7-12-20(16-19)21-13-4-5-14-22-21;1-2-7-14(8-3-1)15-9-6-10-16(13-15)17-11-4-5-12-18-17;1-9-2-7-12(14-8-9)10-3-5-11(13)6-4-10;1-9-6-7-14-12(8-9)10-2-4-11(13)5-3-10;1-9-8-10(13)5-6-11(9)12-4-2-3-7-14-12;1-9-6-7-14-12(8-9)10-4-2-3-5-11(10)13;12-10-6-2-1-5-9(10)11-7-3-4-8-13-11;12-10-6-4-9(5-7-10)11-3-1-2-8-13-11;;;;;;;;/h4-7,9-11,13-16H,2-3,8H2,1H3;1-9,11-13H;2-3,5-8H,1H3;2,4-8H,1H3;2-5,7-8H,1H3;2-3,5-8H,1H3;2*1-4,6-8H;;;;;;;;/q8*-1;;;;;;;;. The fraction of sp³-hybridized carbons (Fsp3) is 0.0741. The molecule has 0 fully saturated rings. The van der Waals surface area contributed by atoms with Crippen LogP contribution >= 0.6 is 0 Å². The van der Waals surface area contributed by atoms with Crippen LogP contribution in [0.25, 0.3) is 112 Å². The van der Waals surface area contributed by atoms with Crippen LogP contribution in [0.2, 0.25) is 0 Å². The molecule has 10 aromatic carbocycles. The van der Waals surface area contributed by atoms with Gasteiger partial charge < -0.3 is 39.9 Å². The first kappa shape index (κ1) is 114. The van der Waals surface area contributed by atoms with Gasteiger partial charge in [0.2, 0.25) is 0 Å². The first-order valence-electron chi connectivity index (χ1n) is 39.2. The van der Waals surface area contributed by atoms with E-state index in [4.69, 9.17) is 0 Å². The summed E-state index contributed by atoms with van der Waals surface area (Å²) in [5, 5.41) is 0. The zero-order valence-electron chi connectivity index (χ0n) is 70.4. The molecule has 0 aliphatic rings. The van der Waals surface area contributed by atoms with Crippen molar-refractivity contribution in [2.24, 2.45) is 0 Å². The van der Waals surface area contributed by atoms with E-state index in [-0.39, 0.29) is 196 Å². The van der Waals surface area contributed by atoms with Crippen LogP contribution in [0.3, 0.4) is 0 Å². The van der Waals surface area contributed by atoms with Crippen molar-refractivity contribution in [1.82, 2.24) is 39.9 Å². The predicted octanol–water partition coefficient (Wildman–Crippen LogP) is 27.1. The van der Waals surface area contributed by atoms with Crippen molar-refractivity contribution in [1.29, 1.82) is 0 Å². The molecule has 8 aromatic heterocycles. The van der Waals surface area contributed by atoms with E-state index in [9.17, 15) is 26.3 Å². The van der Waals surface area contributed by atoms with Crippen molar-refractivity contribution in [3.05, 3.63) is 482 Å². The van der Waals surface area contributed by atoms with Crippen LogP contribution in [0, 0.1) is 111 Å². The molecule has 8 nitrogen and oxygen atoms in total. The van der Waals surface area contributed by atoms with E-state index in [2.05, 4.69) is 156 Å². The van der Waals surface area contributed by atoms with Gasteiger partial charge in [-0.25, -0.2) is 0 Å². The zero-order chi connectivity index (χ0) is 85.5. The van der Waals surface area contributed by atoms with Crippen LogP contribution in [0.4, 0.5) is 26.3 Å². The Labute approximate surface area is 866 Å². The monoisotopic (exact) mass is 3150 g/mol. The first-order valence-corrected chi connectivity index (χ1v) is 39.2. The molecule has 0 saturated heterocycles. The molecule has 0 atom stereocenters. The molecule has 22 heteroatoms. The molecule has 8 heterocycles. The number of aromatic nitrogens is 8. The number of halogens is 6. The Hall–Kier alpha value is -9.83. The van der Waals surface area contributed by atoms with Crippen LogP contribution in [-0.4, -0.2) is 39.9 Å². The maximum atomic E-state index is 13.3. The molecule has 0 spiro atoms. The predicted molar refractivity (Wildman–Crippen MR) is 476 cm³/mol. The number of pyridine rings is 8. The molecule has 0 bridgehead atoms. The molecule has 0 unspecified atom stereocenters. The summed E-state index contributed by atoms with van der Waals surface area (Å²) in [5.74, 6) is -1.67. The summed E-state index contributed by atoms with van der Waals surface area (Å²) >= 11 is 0. The van der Waals surface area contributed by atoms with E-state index in [0.717, 1.165) is 96.2 Å². The molecule has 0 aliphatic carbocycles. The van der Waals surface area contributed by atoms with Crippen molar-refractivity contribution in [2.75, 3.05) is 0 Å². The van der Waals surface area contributed by atoms with Gasteiger partial charge in [-0.2, -0.15) is 0 Å². The fourth-order valence-electron chi connectivity index (χ4n) is 11.8. The molecular weight excluding hydrogens is 3060 g/mol. The molecule has 0 saturated carbocycles. The number of unbranched alkanes of at least 4 members (excludes halogenated alkanes) is 1. The topological polar surface area (TPSA) is 103 Å². The summed E-state index contributed by atoms with van der Waals surface area (Å²) < 4.78 is 77.1. The van der Waals surface area contributed by atoms with Crippen LogP contribution in [0.1, 0.15) is 47.6 Å². The number of aryl methyl sites for hydroxylation is 5. The van der Waals surface area contributed by atoms with Crippen LogP contribution in [0.5, 0.6) is 0 Å². The maximum absolute atomic E-state index is 13.3. The van der Waals surface area contributed by atoms with Gasteiger partial charge in [0.05, 0.1) is 0 Å². The Balaban J connectivity index is 0.000000382. The third-order valence-electron chi connectivity index (χ3n) is 18.0. The molecule has 0 amide bonds. The molecule has 18 aromatic rings. The molecule has 0 aliphatic heterocycles. The van der Waals surface area contributed by atoms with Crippen molar-refractivity contribution >= 4 is 0 Å². The van der Waals surface area contributed by atoms with Gasteiger partial charge >= 0.3 is 0 Å². The van der Waals surface area contributed by atoms with Crippen LogP contribution < -0.4 is 0 Å². The first-order chi connectivity index (χ1) is 59.6. The normalized spacial score (nSPS) is 9.56. The molecular formula is C108H82F6Ir8N8-8. The summed E-state index contributed by atoms with van der Waals surface area (Å²) in [6.45, 7) is 10.0.